The van der Waals surface area contributed by atoms with E-state index in [-0.39, 0.29) is 34.6 Å². The fourth-order valence-electron chi connectivity index (χ4n) is 7.14. The molecule has 2 aromatic rings. The Hall–Kier alpha value is -3.03. The first kappa shape index (κ1) is 39.4. The van der Waals surface area contributed by atoms with E-state index in [1.54, 1.807) is 0 Å². The van der Waals surface area contributed by atoms with E-state index in [9.17, 15) is 14.4 Å². The SMILES string of the molecule is CC(=O)OCCC/C(C)=C/C[C@@H]1CC[C@H](C)[C@@](C)(CC[C@@H](O[Si](c2ccccc2)(c2ccccc2)C(C)(C)C)C(=O)OC(C)(C)C)C1=O. The maximum atomic E-state index is 14.3. The molecule has 0 saturated heterocycles. The Labute approximate surface area is 291 Å². The lowest BCUT2D eigenvalue weighted by Gasteiger charge is -2.46. The molecule has 0 bridgehead atoms. The molecule has 0 aromatic heterocycles. The summed E-state index contributed by atoms with van der Waals surface area (Å²) in [5.74, 6) is -0.240. The van der Waals surface area contributed by atoms with Crippen LogP contribution < -0.4 is 10.4 Å². The number of carbonyl (C=O) groups excluding carboxylic acids is 3. The molecule has 48 heavy (non-hydrogen) atoms. The molecule has 1 aliphatic carbocycles. The first-order valence-electron chi connectivity index (χ1n) is 17.8. The second kappa shape index (κ2) is 16.6. The summed E-state index contributed by atoms with van der Waals surface area (Å²) in [5, 5.41) is 1.88. The molecular formula is C41H60O6Si. The summed E-state index contributed by atoms with van der Waals surface area (Å²) in [7, 11) is -3.08. The number of benzene rings is 2. The van der Waals surface area contributed by atoms with Gasteiger partial charge in [-0.2, -0.15) is 0 Å². The summed E-state index contributed by atoms with van der Waals surface area (Å²) in [5.41, 5.74) is -0.0659. The Kier molecular flexibility index (Phi) is 13.6. The number of ether oxygens (including phenoxy) is 2. The Morgan fingerprint density at radius 2 is 1.50 bits per heavy atom. The maximum absolute atomic E-state index is 14.3. The molecule has 4 atom stereocenters. The fraction of sp³-hybridized carbons (Fsp3) is 0.585. The average Bonchev–Trinajstić information content (AvgIpc) is 3.01. The molecule has 0 radical (unpaired) electrons. The van der Waals surface area contributed by atoms with E-state index in [4.69, 9.17) is 13.9 Å². The number of esters is 2. The minimum absolute atomic E-state index is 0.0628. The lowest BCUT2D eigenvalue weighted by molar-refractivity contribution is -0.165. The van der Waals surface area contributed by atoms with E-state index in [1.807, 2.05) is 57.2 Å². The van der Waals surface area contributed by atoms with Gasteiger partial charge < -0.3 is 13.9 Å². The van der Waals surface area contributed by atoms with Crippen molar-refractivity contribution in [3.63, 3.8) is 0 Å². The summed E-state index contributed by atoms with van der Waals surface area (Å²) in [6.07, 6.45) is 6.40. The van der Waals surface area contributed by atoms with Crippen molar-refractivity contribution in [3.05, 3.63) is 72.3 Å². The molecule has 0 heterocycles. The smallest absolute Gasteiger partial charge is 0.334 e. The predicted molar refractivity (Wildman–Crippen MR) is 197 cm³/mol. The van der Waals surface area contributed by atoms with Crippen molar-refractivity contribution in [2.24, 2.45) is 17.3 Å². The van der Waals surface area contributed by atoms with Gasteiger partial charge in [-0.05, 0) is 94.0 Å². The van der Waals surface area contributed by atoms with Gasteiger partial charge in [-0.15, -0.1) is 0 Å². The maximum Gasteiger partial charge on any atom is 0.334 e. The van der Waals surface area contributed by atoms with Crippen LogP contribution in [0.15, 0.2) is 72.3 Å². The first-order chi connectivity index (χ1) is 22.4. The van der Waals surface area contributed by atoms with Crippen LogP contribution in [0.4, 0.5) is 0 Å². The molecule has 2 aromatic carbocycles. The van der Waals surface area contributed by atoms with Crippen molar-refractivity contribution in [2.45, 2.75) is 131 Å². The van der Waals surface area contributed by atoms with Gasteiger partial charge in [0.25, 0.3) is 8.32 Å². The number of allylic oxidation sites excluding steroid dienone is 2. The van der Waals surface area contributed by atoms with Crippen molar-refractivity contribution in [2.75, 3.05) is 6.61 Å². The summed E-state index contributed by atoms with van der Waals surface area (Å²) in [6, 6.07) is 20.7. The topological polar surface area (TPSA) is 78.9 Å². The zero-order valence-corrected chi connectivity index (χ0v) is 32.2. The molecule has 1 fully saturated rings. The molecule has 264 valence electrons. The van der Waals surface area contributed by atoms with E-state index in [2.05, 4.69) is 71.9 Å². The summed E-state index contributed by atoms with van der Waals surface area (Å²) in [6.45, 7) is 20.4. The molecule has 0 amide bonds. The van der Waals surface area contributed by atoms with E-state index < -0.39 is 25.4 Å². The van der Waals surface area contributed by atoms with Crippen LogP contribution in [0, 0.1) is 17.3 Å². The number of carbonyl (C=O) groups is 3. The Morgan fingerprint density at radius 3 is 2.00 bits per heavy atom. The second-order valence-corrected chi connectivity index (χ2v) is 20.3. The normalized spacial score (nSPS) is 21.5. The third-order valence-corrected chi connectivity index (χ3v) is 15.1. The van der Waals surface area contributed by atoms with Crippen molar-refractivity contribution in [1.82, 2.24) is 0 Å². The molecule has 0 aliphatic heterocycles. The molecule has 0 unspecified atom stereocenters. The van der Waals surface area contributed by atoms with Crippen LogP contribution in [0.2, 0.25) is 5.04 Å². The van der Waals surface area contributed by atoms with Gasteiger partial charge >= 0.3 is 11.9 Å². The number of Topliss-reactive ketones (excluding diaryl/α,β-unsaturated/α-hetero) is 1. The fourth-order valence-corrected chi connectivity index (χ4v) is 11.8. The number of hydrogen-bond donors (Lipinski definition) is 0. The lowest BCUT2D eigenvalue weighted by Crippen LogP contribution is -2.68. The van der Waals surface area contributed by atoms with E-state index in [1.165, 1.54) is 12.5 Å². The van der Waals surface area contributed by atoms with Gasteiger partial charge in [-0.25, -0.2) is 4.79 Å². The minimum Gasteiger partial charge on any atom is -0.466 e. The number of rotatable bonds is 14. The van der Waals surface area contributed by atoms with Crippen LogP contribution in [-0.2, 0) is 28.3 Å². The second-order valence-electron chi connectivity index (χ2n) is 16.0. The van der Waals surface area contributed by atoms with Crippen LogP contribution in [0.25, 0.3) is 0 Å². The molecule has 0 spiro atoms. The average molecular weight is 677 g/mol. The summed E-state index contributed by atoms with van der Waals surface area (Å²) < 4.78 is 18.5. The molecular weight excluding hydrogens is 617 g/mol. The van der Waals surface area contributed by atoms with Gasteiger partial charge in [-0.1, -0.05) is 107 Å². The van der Waals surface area contributed by atoms with Crippen LogP contribution in [0.1, 0.15) is 114 Å². The van der Waals surface area contributed by atoms with Crippen molar-refractivity contribution in [3.8, 4) is 0 Å². The molecule has 6 nitrogen and oxygen atoms in total. The first-order valence-corrected chi connectivity index (χ1v) is 19.7. The van der Waals surface area contributed by atoms with Crippen molar-refractivity contribution < 1.29 is 28.3 Å². The Morgan fingerprint density at radius 1 is 0.938 bits per heavy atom. The Bertz CT molecular complexity index is 1350. The quantitative estimate of drug-likeness (QED) is 0.0866. The van der Waals surface area contributed by atoms with Gasteiger partial charge in [0, 0.05) is 18.3 Å². The highest BCUT2D eigenvalue weighted by Crippen LogP contribution is 2.46. The van der Waals surface area contributed by atoms with Gasteiger partial charge in [0.05, 0.1) is 6.61 Å². The highest BCUT2D eigenvalue weighted by molar-refractivity contribution is 6.99. The third kappa shape index (κ3) is 10.0. The van der Waals surface area contributed by atoms with E-state index in [0.29, 0.717) is 25.9 Å². The van der Waals surface area contributed by atoms with Gasteiger partial charge in [-0.3, -0.25) is 9.59 Å². The summed E-state index contributed by atoms with van der Waals surface area (Å²) in [4.78, 5) is 39.5. The number of ketones is 1. The molecule has 7 heteroatoms. The van der Waals surface area contributed by atoms with Crippen LogP contribution in [-0.4, -0.2) is 44.4 Å². The minimum atomic E-state index is -3.08. The van der Waals surface area contributed by atoms with Gasteiger partial charge in [0.1, 0.15) is 17.5 Å². The molecule has 0 N–H and O–H groups in total. The predicted octanol–water partition coefficient (Wildman–Crippen LogP) is 8.35. The highest BCUT2D eigenvalue weighted by atomic mass is 28.4. The van der Waals surface area contributed by atoms with Gasteiger partial charge in [0.15, 0.2) is 0 Å². The zero-order chi connectivity index (χ0) is 35.8. The highest BCUT2D eigenvalue weighted by Gasteiger charge is 2.53. The molecule has 1 saturated carbocycles. The van der Waals surface area contributed by atoms with Crippen molar-refractivity contribution in [1.29, 1.82) is 0 Å². The van der Waals surface area contributed by atoms with Gasteiger partial charge in [0.2, 0.25) is 0 Å². The molecule has 1 aliphatic rings. The van der Waals surface area contributed by atoms with Crippen LogP contribution >= 0.6 is 0 Å². The van der Waals surface area contributed by atoms with E-state index >= 15 is 0 Å². The number of hydrogen-bond acceptors (Lipinski definition) is 6. The summed E-state index contributed by atoms with van der Waals surface area (Å²) >= 11 is 0. The lowest BCUT2D eigenvalue weighted by atomic mass is 9.61. The zero-order valence-electron chi connectivity index (χ0n) is 31.2. The standard InChI is InChI=1S/C41H60O6Si/c1-30(18-17-29-45-32(3)42)23-25-33-26-24-31(2)41(10,37(33)43)28-27-36(38(44)46-39(4,5)6)47-48(40(7,8)9,34-19-13-11-14-20-34)35-21-15-12-16-22-35/h11-16,19-23,31,33,36H,17-18,24-29H2,1-10H3/b30-23+/t31-,33+,36+,41+/m0/s1. The van der Waals surface area contributed by atoms with Crippen LogP contribution in [0.5, 0.6) is 0 Å². The van der Waals surface area contributed by atoms with Crippen molar-refractivity contribution >= 4 is 36.4 Å². The Balaban J connectivity index is 1.94. The largest absolute Gasteiger partial charge is 0.466 e. The molecule has 3 rings (SSSR count). The third-order valence-electron chi connectivity index (χ3n) is 10.1. The van der Waals surface area contributed by atoms with Crippen LogP contribution in [0.3, 0.4) is 0 Å². The van der Waals surface area contributed by atoms with E-state index in [0.717, 1.165) is 36.1 Å². The monoisotopic (exact) mass is 676 g/mol.